The number of hydrogen-bond acceptors (Lipinski definition) is 5. The van der Waals surface area contributed by atoms with Crippen molar-refractivity contribution >= 4 is 11.9 Å². The van der Waals surface area contributed by atoms with Gasteiger partial charge in [-0.15, -0.1) is 0 Å². The number of rotatable bonds is 16. The molecule has 2 rings (SSSR count). The van der Waals surface area contributed by atoms with Gasteiger partial charge in [-0.05, 0) is 80.5 Å². The molecule has 35 heavy (non-hydrogen) atoms. The number of benzene rings is 2. The molecule has 0 radical (unpaired) electrons. The van der Waals surface area contributed by atoms with Crippen LogP contribution in [-0.2, 0) is 15.0 Å². The maximum atomic E-state index is 12.6. The molecular formula is C28H40N2O5. The van der Waals surface area contributed by atoms with Crippen LogP contribution in [0, 0.1) is 0 Å². The molecule has 2 aromatic carbocycles. The van der Waals surface area contributed by atoms with Gasteiger partial charge in [0, 0.05) is 11.8 Å². The van der Waals surface area contributed by atoms with E-state index in [1.165, 1.54) is 0 Å². The number of hydrogen-bond donors (Lipinski definition) is 5. The van der Waals surface area contributed by atoms with E-state index >= 15 is 0 Å². The average Bonchev–Trinajstić information content (AvgIpc) is 2.83. The van der Waals surface area contributed by atoms with Crippen molar-refractivity contribution in [2.75, 3.05) is 6.54 Å². The number of carboxylic acids is 1. The molecule has 0 fully saturated rings. The maximum Gasteiger partial charge on any atom is 0.326 e. The first-order valence-electron chi connectivity index (χ1n) is 12.6. The molecule has 1 atom stereocenters. The van der Waals surface area contributed by atoms with Crippen LogP contribution >= 0.6 is 0 Å². The van der Waals surface area contributed by atoms with Crippen LogP contribution in [0.2, 0.25) is 0 Å². The third-order valence-corrected chi connectivity index (χ3v) is 6.63. The number of phenolic OH excluding ortho intramolecular Hbond substituents is 2. The number of unbranched alkanes of at least 4 members (excludes halogenated alkanes) is 3. The Balaban J connectivity index is 2.22. The van der Waals surface area contributed by atoms with Crippen molar-refractivity contribution in [3.05, 3.63) is 59.7 Å². The minimum Gasteiger partial charge on any atom is -0.508 e. The molecule has 0 saturated heterocycles. The quantitative estimate of drug-likeness (QED) is 0.217. The Labute approximate surface area is 208 Å². The van der Waals surface area contributed by atoms with E-state index in [-0.39, 0.29) is 23.8 Å². The summed E-state index contributed by atoms with van der Waals surface area (Å²) in [4.78, 5) is 24.2. The molecule has 192 valence electrons. The zero-order chi connectivity index (χ0) is 25.7. The first-order valence-corrected chi connectivity index (χ1v) is 12.6. The van der Waals surface area contributed by atoms with Crippen molar-refractivity contribution in [2.24, 2.45) is 5.73 Å². The molecule has 7 heteroatoms. The zero-order valence-corrected chi connectivity index (χ0v) is 20.7. The normalized spacial score (nSPS) is 12.3. The van der Waals surface area contributed by atoms with Crippen molar-refractivity contribution < 1.29 is 24.9 Å². The van der Waals surface area contributed by atoms with Crippen molar-refractivity contribution in [3.63, 3.8) is 0 Å². The summed E-state index contributed by atoms with van der Waals surface area (Å²) in [7, 11) is 0. The summed E-state index contributed by atoms with van der Waals surface area (Å²) in [5.41, 5.74) is 7.18. The molecule has 0 aliphatic heterocycles. The van der Waals surface area contributed by atoms with Crippen molar-refractivity contribution in [2.45, 2.75) is 82.6 Å². The van der Waals surface area contributed by atoms with Gasteiger partial charge in [-0.2, -0.15) is 0 Å². The number of nitrogens with one attached hydrogen (secondary N) is 1. The zero-order valence-electron chi connectivity index (χ0n) is 20.7. The molecule has 0 spiro atoms. The van der Waals surface area contributed by atoms with Crippen LogP contribution in [-0.4, -0.2) is 39.8 Å². The monoisotopic (exact) mass is 484 g/mol. The van der Waals surface area contributed by atoms with Crippen molar-refractivity contribution in [1.82, 2.24) is 5.32 Å². The van der Waals surface area contributed by atoms with E-state index < -0.39 is 17.4 Å². The van der Waals surface area contributed by atoms with Crippen LogP contribution in [0.5, 0.6) is 11.5 Å². The standard InChI is InChI=1S/C28H40N2O5/c1-2-3-5-18-28(21-10-14-23(31)15-11-21,22-12-16-24(32)17-13-22)19-7-9-26(33)30-25(27(34)35)8-4-6-20-29/h10-17,25,31-32H,2-9,18-20,29H2,1H3,(H,30,33)(H,34,35)/t25-/m0/s1. The fraction of sp³-hybridized carbons (Fsp3) is 0.500. The number of carbonyl (C=O) groups excluding carboxylic acids is 1. The number of amides is 1. The number of carbonyl (C=O) groups is 2. The lowest BCUT2D eigenvalue weighted by molar-refractivity contribution is -0.142. The molecule has 0 heterocycles. The number of phenols is 2. The Hall–Kier alpha value is -3.06. The molecular weight excluding hydrogens is 444 g/mol. The second-order valence-electron chi connectivity index (χ2n) is 9.23. The SMILES string of the molecule is CCCCCC(CCCC(=O)N[C@@H](CCCCN)C(=O)O)(c1ccc(O)cc1)c1ccc(O)cc1. The molecule has 1 amide bonds. The number of aliphatic carboxylic acids is 1. The second kappa shape index (κ2) is 14.4. The average molecular weight is 485 g/mol. The first-order chi connectivity index (χ1) is 16.8. The summed E-state index contributed by atoms with van der Waals surface area (Å²) >= 11 is 0. The van der Waals surface area contributed by atoms with Gasteiger partial charge in [0.15, 0.2) is 0 Å². The molecule has 6 N–H and O–H groups in total. The van der Waals surface area contributed by atoms with Gasteiger partial charge in [-0.25, -0.2) is 4.79 Å². The molecule has 0 aliphatic carbocycles. The Kier molecular flexibility index (Phi) is 11.6. The summed E-state index contributed by atoms with van der Waals surface area (Å²) in [5, 5.41) is 31.8. The van der Waals surface area contributed by atoms with E-state index in [9.17, 15) is 24.9 Å². The van der Waals surface area contributed by atoms with Crippen LogP contribution in [0.3, 0.4) is 0 Å². The number of nitrogens with two attached hydrogens (primary N) is 1. The largest absolute Gasteiger partial charge is 0.508 e. The molecule has 0 aliphatic rings. The van der Waals surface area contributed by atoms with Gasteiger partial charge in [0.05, 0.1) is 0 Å². The Morgan fingerprint density at radius 3 is 1.89 bits per heavy atom. The lowest BCUT2D eigenvalue weighted by Gasteiger charge is -2.36. The minimum absolute atomic E-state index is 0.190. The highest BCUT2D eigenvalue weighted by molar-refractivity contribution is 5.83. The van der Waals surface area contributed by atoms with Gasteiger partial charge in [0.25, 0.3) is 0 Å². The fourth-order valence-corrected chi connectivity index (χ4v) is 4.67. The van der Waals surface area contributed by atoms with Crippen LogP contribution in [0.25, 0.3) is 0 Å². The smallest absolute Gasteiger partial charge is 0.326 e. The van der Waals surface area contributed by atoms with E-state index in [1.807, 2.05) is 24.3 Å². The number of aromatic hydroxyl groups is 2. The summed E-state index contributed by atoms with van der Waals surface area (Å²) in [6.07, 6.45) is 7.18. The summed E-state index contributed by atoms with van der Waals surface area (Å²) < 4.78 is 0. The van der Waals surface area contributed by atoms with Crippen molar-refractivity contribution in [1.29, 1.82) is 0 Å². The Morgan fingerprint density at radius 2 is 1.40 bits per heavy atom. The summed E-state index contributed by atoms with van der Waals surface area (Å²) in [6, 6.07) is 13.5. The molecule has 0 saturated carbocycles. The Morgan fingerprint density at radius 1 is 0.857 bits per heavy atom. The first kappa shape index (κ1) is 28.2. The van der Waals surface area contributed by atoms with Crippen molar-refractivity contribution in [3.8, 4) is 11.5 Å². The van der Waals surface area contributed by atoms with E-state index in [2.05, 4.69) is 12.2 Å². The van der Waals surface area contributed by atoms with E-state index in [4.69, 9.17) is 5.73 Å². The third kappa shape index (κ3) is 8.58. The predicted molar refractivity (Wildman–Crippen MR) is 137 cm³/mol. The minimum atomic E-state index is -1.03. The Bertz CT molecular complexity index is 866. The second-order valence-corrected chi connectivity index (χ2v) is 9.23. The molecule has 0 bridgehead atoms. The van der Waals surface area contributed by atoms with Gasteiger partial charge in [0.2, 0.25) is 5.91 Å². The maximum absolute atomic E-state index is 12.6. The highest BCUT2D eigenvalue weighted by atomic mass is 16.4. The lowest BCUT2D eigenvalue weighted by atomic mass is 9.68. The van der Waals surface area contributed by atoms with Gasteiger partial charge in [-0.3, -0.25) is 4.79 Å². The topological polar surface area (TPSA) is 133 Å². The number of carboxylic acid groups (broad SMARTS) is 1. The van der Waals surface area contributed by atoms with Crippen LogP contribution in [0.1, 0.15) is 82.3 Å². The third-order valence-electron chi connectivity index (χ3n) is 6.63. The summed E-state index contributed by atoms with van der Waals surface area (Å²) in [5.74, 6) is -0.923. The fourth-order valence-electron chi connectivity index (χ4n) is 4.67. The van der Waals surface area contributed by atoms with Crippen LogP contribution < -0.4 is 11.1 Å². The van der Waals surface area contributed by atoms with Gasteiger partial charge >= 0.3 is 5.97 Å². The molecule has 2 aromatic rings. The van der Waals surface area contributed by atoms with Crippen LogP contribution in [0.15, 0.2) is 48.5 Å². The van der Waals surface area contributed by atoms with Crippen LogP contribution in [0.4, 0.5) is 0 Å². The highest BCUT2D eigenvalue weighted by Gasteiger charge is 2.34. The van der Waals surface area contributed by atoms with Gasteiger partial charge in [0.1, 0.15) is 17.5 Å². The highest BCUT2D eigenvalue weighted by Crippen LogP contribution is 2.42. The molecule has 0 unspecified atom stereocenters. The predicted octanol–water partition coefficient (Wildman–Crippen LogP) is 4.83. The molecule has 7 nitrogen and oxygen atoms in total. The van der Waals surface area contributed by atoms with E-state index in [0.29, 0.717) is 32.2 Å². The lowest BCUT2D eigenvalue weighted by Crippen LogP contribution is -2.40. The van der Waals surface area contributed by atoms with Gasteiger partial charge in [-0.1, -0.05) is 50.5 Å². The van der Waals surface area contributed by atoms with E-state index in [1.54, 1.807) is 24.3 Å². The van der Waals surface area contributed by atoms with Gasteiger partial charge < -0.3 is 26.4 Å². The molecule has 0 aromatic heterocycles. The summed E-state index contributed by atoms with van der Waals surface area (Å²) in [6.45, 7) is 2.65. The van der Waals surface area contributed by atoms with E-state index in [0.717, 1.165) is 43.2 Å².